The van der Waals surface area contributed by atoms with E-state index in [1.54, 1.807) is 0 Å². The van der Waals surface area contributed by atoms with Crippen LogP contribution in [-0.4, -0.2) is 33.3 Å². The molecule has 0 saturated carbocycles. The Morgan fingerprint density at radius 3 is 2.47 bits per heavy atom. The van der Waals surface area contributed by atoms with E-state index in [0.29, 0.717) is 6.54 Å². The first-order valence-electron chi connectivity index (χ1n) is 4.90. The van der Waals surface area contributed by atoms with Crippen molar-refractivity contribution in [3.8, 4) is 12.3 Å². The summed E-state index contributed by atoms with van der Waals surface area (Å²) in [6.07, 6.45) is 7.92. The van der Waals surface area contributed by atoms with Gasteiger partial charge in [0.1, 0.15) is 0 Å². The quantitative estimate of drug-likeness (QED) is 0.491. The lowest BCUT2D eigenvalue weighted by atomic mass is 10.1. The van der Waals surface area contributed by atoms with E-state index in [4.69, 9.17) is 6.42 Å². The molecule has 0 spiro atoms. The van der Waals surface area contributed by atoms with E-state index in [0.717, 1.165) is 25.6 Å². The maximum Gasteiger partial charge on any atom is 0.209 e. The number of sulfonamides is 1. The highest BCUT2D eigenvalue weighted by atomic mass is 32.2. The van der Waals surface area contributed by atoms with Gasteiger partial charge in [-0.3, -0.25) is 0 Å². The minimum absolute atomic E-state index is 0.469. The fourth-order valence-corrected chi connectivity index (χ4v) is 2.33. The van der Waals surface area contributed by atoms with Crippen molar-refractivity contribution in [3.63, 3.8) is 0 Å². The summed E-state index contributed by atoms with van der Waals surface area (Å²) < 4.78 is 24.6. The van der Waals surface area contributed by atoms with Gasteiger partial charge in [-0.05, 0) is 26.8 Å². The fraction of sp³-hybridized carbons (Fsp3) is 0.800. The summed E-state index contributed by atoms with van der Waals surface area (Å²) in [5, 5.41) is 3.16. The van der Waals surface area contributed by atoms with E-state index >= 15 is 0 Å². The third-order valence-corrected chi connectivity index (χ3v) is 2.63. The van der Waals surface area contributed by atoms with Gasteiger partial charge < -0.3 is 5.32 Å². The Kier molecular flexibility index (Phi) is 5.88. The van der Waals surface area contributed by atoms with Gasteiger partial charge in [0, 0.05) is 18.5 Å². The SMILES string of the molecule is C#CCCCNCC(C)(C)NS(C)(=O)=O. The maximum absolute atomic E-state index is 11.0. The van der Waals surface area contributed by atoms with E-state index in [9.17, 15) is 8.42 Å². The number of hydrogen-bond acceptors (Lipinski definition) is 3. The average molecular weight is 232 g/mol. The number of terminal acetylenes is 1. The van der Waals surface area contributed by atoms with Crippen molar-refractivity contribution in [2.45, 2.75) is 32.2 Å². The first-order valence-corrected chi connectivity index (χ1v) is 6.79. The molecule has 0 bridgehead atoms. The summed E-state index contributed by atoms with van der Waals surface area (Å²) in [4.78, 5) is 0. The average Bonchev–Trinajstić information content (AvgIpc) is 1.99. The van der Waals surface area contributed by atoms with Crippen LogP contribution in [-0.2, 0) is 10.0 Å². The Bertz CT molecular complexity index is 315. The number of nitrogens with one attached hydrogen (secondary N) is 2. The molecular formula is C10H20N2O2S. The Morgan fingerprint density at radius 2 is 2.00 bits per heavy atom. The molecule has 0 unspecified atom stereocenters. The van der Waals surface area contributed by atoms with E-state index in [1.807, 2.05) is 13.8 Å². The Balaban J connectivity index is 3.80. The third-order valence-electron chi connectivity index (χ3n) is 1.70. The van der Waals surface area contributed by atoms with E-state index in [2.05, 4.69) is 16.0 Å². The van der Waals surface area contributed by atoms with Crippen molar-refractivity contribution in [2.75, 3.05) is 19.3 Å². The molecule has 0 rings (SSSR count). The molecular weight excluding hydrogens is 212 g/mol. The van der Waals surface area contributed by atoms with Crippen molar-refractivity contribution in [3.05, 3.63) is 0 Å². The molecule has 0 heterocycles. The molecule has 0 aromatic rings. The van der Waals surface area contributed by atoms with Gasteiger partial charge in [-0.1, -0.05) is 0 Å². The summed E-state index contributed by atoms with van der Waals surface area (Å²) in [6.45, 7) is 5.06. The zero-order valence-electron chi connectivity index (χ0n) is 9.63. The largest absolute Gasteiger partial charge is 0.315 e. The van der Waals surface area contributed by atoms with Crippen LogP contribution in [0.15, 0.2) is 0 Å². The molecule has 0 saturated heterocycles. The van der Waals surface area contributed by atoms with Gasteiger partial charge in [0.05, 0.1) is 6.26 Å². The summed E-state index contributed by atoms with van der Waals surface area (Å²) in [7, 11) is -3.15. The summed E-state index contributed by atoms with van der Waals surface area (Å²) in [6, 6.07) is 0. The molecule has 5 heteroatoms. The highest BCUT2D eigenvalue weighted by Gasteiger charge is 2.20. The molecule has 88 valence electrons. The highest BCUT2D eigenvalue weighted by Crippen LogP contribution is 2.01. The van der Waals surface area contributed by atoms with Gasteiger partial charge in [-0.25, -0.2) is 13.1 Å². The molecule has 0 atom stereocenters. The molecule has 0 aliphatic carbocycles. The van der Waals surface area contributed by atoms with E-state index < -0.39 is 15.6 Å². The number of unbranched alkanes of at least 4 members (excludes halogenated alkanes) is 1. The molecule has 0 radical (unpaired) electrons. The first kappa shape index (κ1) is 14.4. The van der Waals surface area contributed by atoms with Crippen molar-refractivity contribution >= 4 is 10.0 Å². The fourth-order valence-electron chi connectivity index (χ4n) is 1.25. The van der Waals surface area contributed by atoms with Crippen LogP contribution in [0, 0.1) is 12.3 Å². The molecule has 0 aliphatic heterocycles. The van der Waals surface area contributed by atoms with Crippen LogP contribution in [0.3, 0.4) is 0 Å². The number of hydrogen-bond donors (Lipinski definition) is 2. The lowest BCUT2D eigenvalue weighted by molar-refractivity contribution is 0.421. The van der Waals surface area contributed by atoms with Gasteiger partial charge in [0.25, 0.3) is 0 Å². The van der Waals surface area contributed by atoms with Crippen LogP contribution in [0.25, 0.3) is 0 Å². The molecule has 4 nitrogen and oxygen atoms in total. The second kappa shape index (κ2) is 6.11. The lowest BCUT2D eigenvalue weighted by Gasteiger charge is -2.25. The molecule has 0 amide bonds. The molecule has 0 aromatic heterocycles. The number of rotatable bonds is 7. The molecule has 0 aromatic carbocycles. The van der Waals surface area contributed by atoms with Gasteiger partial charge in [0.2, 0.25) is 10.0 Å². The predicted molar refractivity (Wildman–Crippen MR) is 63.0 cm³/mol. The zero-order valence-corrected chi connectivity index (χ0v) is 10.4. The minimum atomic E-state index is -3.15. The minimum Gasteiger partial charge on any atom is -0.315 e. The van der Waals surface area contributed by atoms with Crippen LogP contribution < -0.4 is 10.0 Å². The predicted octanol–water partition coefficient (Wildman–Crippen LogP) is 0.317. The van der Waals surface area contributed by atoms with Gasteiger partial charge in [0.15, 0.2) is 0 Å². The Hall–Kier alpha value is -0.570. The van der Waals surface area contributed by atoms with Crippen LogP contribution >= 0.6 is 0 Å². The summed E-state index contributed by atoms with van der Waals surface area (Å²) in [5.41, 5.74) is -0.469. The third kappa shape index (κ3) is 9.73. The van der Waals surface area contributed by atoms with Crippen molar-refractivity contribution in [2.24, 2.45) is 0 Å². The van der Waals surface area contributed by atoms with Crippen LogP contribution in [0.4, 0.5) is 0 Å². The van der Waals surface area contributed by atoms with Crippen LogP contribution in [0.1, 0.15) is 26.7 Å². The Labute approximate surface area is 92.9 Å². The van der Waals surface area contributed by atoms with Gasteiger partial charge in [-0.15, -0.1) is 12.3 Å². The second-order valence-electron chi connectivity index (χ2n) is 4.24. The van der Waals surface area contributed by atoms with E-state index in [-0.39, 0.29) is 0 Å². The van der Waals surface area contributed by atoms with Crippen molar-refractivity contribution in [1.29, 1.82) is 0 Å². The summed E-state index contributed by atoms with van der Waals surface area (Å²) >= 11 is 0. The Morgan fingerprint density at radius 1 is 1.40 bits per heavy atom. The molecule has 15 heavy (non-hydrogen) atoms. The van der Waals surface area contributed by atoms with Gasteiger partial charge in [-0.2, -0.15) is 0 Å². The standard InChI is InChI=1S/C10H20N2O2S/c1-5-6-7-8-11-9-10(2,3)12-15(4,13)14/h1,11-12H,6-9H2,2-4H3. The van der Waals surface area contributed by atoms with Gasteiger partial charge >= 0.3 is 0 Å². The van der Waals surface area contributed by atoms with E-state index in [1.165, 1.54) is 0 Å². The van der Waals surface area contributed by atoms with Crippen LogP contribution in [0.5, 0.6) is 0 Å². The lowest BCUT2D eigenvalue weighted by Crippen LogP contribution is -2.49. The molecule has 0 fully saturated rings. The normalized spacial score (nSPS) is 12.4. The smallest absolute Gasteiger partial charge is 0.209 e. The topological polar surface area (TPSA) is 58.2 Å². The van der Waals surface area contributed by atoms with Crippen molar-refractivity contribution < 1.29 is 8.42 Å². The maximum atomic E-state index is 11.0. The highest BCUT2D eigenvalue weighted by molar-refractivity contribution is 7.88. The molecule has 2 N–H and O–H groups in total. The van der Waals surface area contributed by atoms with Crippen LogP contribution in [0.2, 0.25) is 0 Å². The zero-order chi connectivity index (χ0) is 11.9. The molecule has 0 aliphatic rings. The second-order valence-corrected chi connectivity index (χ2v) is 5.99. The monoisotopic (exact) mass is 232 g/mol. The first-order chi connectivity index (χ1) is 6.77. The summed E-state index contributed by atoms with van der Waals surface area (Å²) in [5.74, 6) is 2.55. The van der Waals surface area contributed by atoms with Crippen molar-refractivity contribution in [1.82, 2.24) is 10.0 Å².